The van der Waals surface area contributed by atoms with Gasteiger partial charge in [-0.3, -0.25) is 4.79 Å². The normalized spacial score (nSPS) is 20.5. The molecule has 1 aliphatic rings. The summed E-state index contributed by atoms with van der Waals surface area (Å²) in [6.07, 6.45) is 2.34. The van der Waals surface area contributed by atoms with Crippen LogP contribution >= 0.6 is 0 Å². The van der Waals surface area contributed by atoms with Gasteiger partial charge in [-0.15, -0.1) is 0 Å². The SMILES string of the molecule is N[C@@H](Cc1ccccc1)C(=O)N1CCC(CCO)C1. The number of hydrogen-bond acceptors (Lipinski definition) is 3. The first-order valence-corrected chi connectivity index (χ1v) is 6.90. The summed E-state index contributed by atoms with van der Waals surface area (Å²) in [5.41, 5.74) is 7.10. The number of carbonyl (C=O) groups is 1. The highest BCUT2D eigenvalue weighted by Gasteiger charge is 2.28. The first-order valence-electron chi connectivity index (χ1n) is 6.90. The molecule has 1 aromatic carbocycles. The van der Waals surface area contributed by atoms with E-state index in [-0.39, 0.29) is 12.5 Å². The monoisotopic (exact) mass is 262 g/mol. The molecule has 0 aromatic heterocycles. The molecule has 1 amide bonds. The molecular formula is C15H22N2O2. The number of aliphatic hydroxyl groups excluding tert-OH is 1. The maximum absolute atomic E-state index is 12.2. The van der Waals surface area contributed by atoms with Gasteiger partial charge >= 0.3 is 0 Å². The molecule has 0 radical (unpaired) electrons. The van der Waals surface area contributed by atoms with Crippen LogP contribution in [0.5, 0.6) is 0 Å². The molecule has 2 atom stereocenters. The molecule has 2 rings (SSSR count). The summed E-state index contributed by atoms with van der Waals surface area (Å²) < 4.78 is 0. The predicted molar refractivity (Wildman–Crippen MR) is 74.5 cm³/mol. The van der Waals surface area contributed by atoms with Crippen molar-refractivity contribution in [1.82, 2.24) is 4.90 Å². The summed E-state index contributed by atoms with van der Waals surface area (Å²) in [4.78, 5) is 14.1. The van der Waals surface area contributed by atoms with Crippen molar-refractivity contribution in [2.24, 2.45) is 11.7 Å². The van der Waals surface area contributed by atoms with Crippen LogP contribution in [0.2, 0.25) is 0 Å². The molecule has 1 fully saturated rings. The Kier molecular flexibility index (Phi) is 4.93. The van der Waals surface area contributed by atoms with Gasteiger partial charge in [-0.1, -0.05) is 30.3 Å². The Bertz CT molecular complexity index is 408. The molecule has 1 saturated heterocycles. The lowest BCUT2D eigenvalue weighted by Gasteiger charge is -2.21. The zero-order valence-corrected chi connectivity index (χ0v) is 11.2. The number of amides is 1. The largest absolute Gasteiger partial charge is 0.396 e. The van der Waals surface area contributed by atoms with E-state index in [0.29, 0.717) is 12.3 Å². The second kappa shape index (κ2) is 6.68. The summed E-state index contributed by atoms with van der Waals surface area (Å²) in [5.74, 6) is 0.460. The molecule has 1 heterocycles. The summed E-state index contributed by atoms with van der Waals surface area (Å²) in [7, 11) is 0. The summed E-state index contributed by atoms with van der Waals surface area (Å²) >= 11 is 0. The number of carbonyl (C=O) groups excluding carboxylic acids is 1. The van der Waals surface area contributed by atoms with Gasteiger partial charge in [-0.05, 0) is 30.7 Å². The molecule has 0 aliphatic carbocycles. The van der Waals surface area contributed by atoms with E-state index in [2.05, 4.69) is 0 Å². The Morgan fingerprint density at radius 3 is 2.84 bits per heavy atom. The molecule has 19 heavy (non-hydrogen) atoms. The number of likely N-dealkylation sites (tertiary alicyclic amines) is 1. The summed E-state index contributed by atoms with van der Waals surface area (Å²) in [5, 5.41) is 8.93. The lowest BCUT2D eigenvalue weighted by molar-refractivity contribution is -0.131. The van der Waals surface area contributed by atoms with Crippen molar-refractivity contribution in [2.45, 2.75) is 25.3 Å². The third-order valence-corrected chi connectivity index (χ3v) is 3.75. The van der Waals surface area contributed by atoms with Crippen LogP contribution in [0.4, 0.5) is 0 Å². The third kappa shape index (κ3) is 3.78. The Balaban J connectivity index is 1.86. The van der Waals surface area contributed by atoms with Crippen LogP contribution in [0.3, 0.4) is 0 Å². The van der Waals surface area contributed by atoms with Crippen LogP contribution < -0.4 is 5.73 Å². The van der Waals surface area contributed by atoms with Gasteiger partial charge in [0.25, 0.3) is 0 Å². The standard InChI is InChI=1S/C15H22N2O2/c16-14(10-12-4-2-1-3-5-12)15(19)17-8-6-13(11-17)7-9-18/h1-5,13-14,18H,6-11,16H2/t13?,14-/m0/s1. The fourth-order valence-corrected chi connectivity index (χ4v) is 2.64. The van der Waals surface area contributed by atoms with Crippen molar-refractivity contribution >= 4 is 5.91 Å². The molecule has 1 aromatic rings. The Morgan fingerprint density at radius 2 is 2.16 bits per heavy atom. The van der Waals surface area contributed by atoms with E-state index in [1.54, 1.807) is 0 Å². The Hall–Kier alpha value is -1.39. The van der Waals surface area contributed by atoms with Gasteiger partial charge in [-0.2, -0.15) is 0 Å². The topological polar surface area (TPSA) is 66.6 Å². The molecule has 104 valence electrons. The highest BCUT2D eigenvalue weighted by atomic mass is 16.3. The molecule has 0 saturated carbocycles. The number of hydrogen-bond donors (Lipinski definition) is 2. The van der Waals surface area contributed by atoms with E-state index in [4.69, 9.17) is 10.8 Å². The molecule has 4 heteroatoms. The Morgan fingerprint density at radius 1 is 1.42 bits per heavy atom. The van der Waals surface area contributed by atoms with Crippen molar-refractivity contribution in [3.63, 3.8) is 0 Å². The van der Waals surface area contributed by atoms with Crippen LogP contribution in [-0.2, 0) is 11.2 Å². The smallest absolute Gasteiger partial charge is 0.239 e. The van der Waals surface area contributed by atoms with E-state index >= 15 is 0 Å². The average Bonchev–Trinajstić information content (AvgIpc) is 2.88. The van der Waals surface area contributed by atoms with Crippen LogP contribution in [0, 0.1) is 5.92 Å². The van der Waals surface area contributed by atoms with Gasteiger partial charge < -0.3 is 15.7 Å². The van der Waals surface area contributed by atoms with Gasteiger partial charge in [0.15, 0.2) is 0 Å². The van der Waals surface area contributed by atoms with E-state index in [9.17, 15) is 4.79 Å². The summed E-state index contributed by atoms with van der Waals surface area (Å²) in [6.45, 7) is 1.70. The van der Waals surface area contributed by atoms with Crippen LogP contribution in [0.1, 0.15) is 18.4 Å². The van der Waals surface area contributed by atoms with Crippen LogP contribution in [0.15, 0.2) is 30.3 Å². The maximum Gasteiger partial charge on any atom is 0.239 e. The predicted octanol–water partition coefficient (Wildman–Crippen LogP) is 0.787. The van der Waals surface area contributed by atoms with Crippen molar-refractivity contribution in [3.05, 3.63) is 35.9 Å². The minimum absolute atomic E-state index is 0.0318. The van der Waals surface area contributed by atoms with E-state index < -0.39 is 6.04 Å². The van der Waals surface area contributed by atoms with Gasteiger partial charge in [0.2, 0.25) is 5.91 Å². The van der Waals surface area contributed by atoms with Crippen LogP contribution in [-0.4, -0.2) is 41.7 Å². The summed E-state index contributed by atoms with van der Waals surface area (Å²) in [6, 6.07) is 9.39. The molecule has 0 bridgehead atoms. The van der Waals surface area contributed by atoms with Crippen molar-refractivity contribution in [2.75, 3.05) is 19.7 Å². The highest BCUT2D eigenvalue weighted by molar-refractivity contribution is 5.82. The number of benzene rings is 1. The van der Waals surface area contributed by atoms with Gasteiger partial charge in [-0.25, -0.2) is 0 Å². The molecule has 4 nitrogen and oxygen atoms in total. The minimum Gasteiger partial charge on any atom is -0.396 e. The highest BCUT2D eigenvalue weighted by Crippen LogP contribution is 2.20. The maximum atomic E-state index is 12.2. The average molecular weight is 262 g/mol. The zero-order chi connectivity index (χ0) is 13.7. The first-order chi connectivity index (χ1) is 9.20. The Labute approximate surface area is 114 Å². The lowest BCUT2D eigenvalue weighted by atomic mass is 10.1. The third-order valence-electron chi connectivity index (χ3n) is 3.75. The van der Waals surface area contributed by atoms with Crippen molar-refractivity contribution in [1.29, 1.82) is 0 Å². The molecule has 1 unspecified atom stereocenters. The molecule has 1 aliphatic heterocycles. The van der Waals surface area contributed by atoms with Crippen molar-refractivity contribution in [3.8, 4) is 0 Å². The van der Waals surface area contributed by atoms with Crippen molar-refractivity contribution < 1.29 is 9.90 Å². The second-order valence-electron chi connectivity index (χ2n) is 5.25. The molecular weight excluding hydrogens is 240 g/mol. The van der Waals surface area contributed by atoms with E-state index in [1.807, 2.05) is 35.2 Å². The first kappa shape index (κ1) is 14.0. The lowest BCUT2D eigenvalue weighted by Crippen LogP contribution is -2.43. The molecule has 0 spiro atoms. The van der Waals surface area contributed by atoms with Gasteiger partial charge in [0.1, 0.15) is 0 Å². The molecule has 3 N–H and O–H groups in total. The van der Waals surface area contributed by atoms with E-state index in [0.717, 1.165) is 31.5 Å². The quantitative estimate of drug-likeness (QED) is 0.824. The number of nitrogens with two attached hydrogens (primary N) is 1. The second-order valence-corrected chi connectivity index (χ2v) is 5.25. The number of nitrogens with zero attached hydrogens (tertiary/aromatic N) is 1. The fourth-order valence-electron chi connectivity index (χ4n) is 2.64. The van der Waals surface area contributed by atoms with Crippen LogP contribution in [0.25, 0.3) is 0 Å². The van der Waals surface area contributed by atoms with Gasteiger partial charge in [0, 0.05) is 19.7 Å². The van der Waals surface area contributed by atoms with E-state index in [1.165, 1.54) is 0 Å². The fraction of sp³-hybridized carbons (Fsp3) is 0.533. The zero-order valence-electron chi connectivity index (χ0n) is 11.2. The number of aliphatic hydroxyl groups is 1. The minimum atomic E-state index is -0.463. The number of rotatable bonds is 5. The van der Waals surface area contributed by atoms with Gasteiger partial charge in [0.05, 0.1) is 6.04 Å².